The van der Waals surface area contributed by atoms with Crippen LogP contribution < -0.4 is 15.2 Å². The van der Waals surface area contributed by atoms with Gasteiger partial charge in [0.15, 0.2) is 18.3 Å². The van der Waals surface area contributed by atoms with Crippen LogP contribution in [0.4, 0.5) is 0 Å². The van der Waals surface area contributed by atoms with Gasteiger partial charge in [-0.15, -0.1) is 0 Å². The van der Waals surface area contributed by atoms with E-state index in [4.69, 9.17) is 19.9 Å². The second kappa shape index (κ2) is 7.95. The molecule has 1 aromatic carbocycles. The molecular weight excluding hydrogens is 230 g/mol. The summed E-state index contributed by atoms with van der Waals surface area (Å²) in [5.74, 6) is 1.45. The molecule has 0 aliphatic carbocycles. The van der Waals surface area contributed by atoms with Crippen molar-refractivity contribution in [2.75, 3.05) is 20.5 Å². The summed E-state index contributed by atoms with van der Waals surface area (Å²) in [6.07, 6.45) is 1.71. The number of benzene rings is 1. The Labute approximate surface area is 109 Å². The topological polar surface area (TPSA) is 53.7 Å². The third-order valence-corrected chi connectivity index (χ3v) is 2.78. The zero-order valence-corrected chi connectivity index (χ0v) is 11.4. The molecule has 0 aliphatic heterocycles. The van der Waals surface area contributed by atoms with Crippen LogP contribution in [0.2, 0.25) is 0 Å². The van der Waals surface area contributed by atoms with Crippen LogP contribution in [0.25, 0.3) is 0 Å². The molecule has 0 saturated carbocycles. The van der Waals surface area contributed by atoms with E-state index in [1.165, 1.54) is 0 Å². The Balaban J connectivity index is 2.85. The smallest absolute Gasteiger partial charge is 0.189 e. The van der Waals surface area contributed by atoms with Crippen molar-refractivity contribution in [1.82, 2.24) is 0 Å². The monoisotopic (exact) mass is 253 g/mol. The number of hydrogen-bond donors (Lipinski definition) is 1. The van der Waals surface area contributed by atoms with Gasteiger partial charge >= 0.3 is 0 Å². The van der Waals surface area contributed by atoms with Gasteiger partial charge in [0.1, 0.15) is 0 Å². The number of nitrogens with two attached hydrogens (primary N) is 1. The van der Waals surface area contributed by atoms with Crippen LogP contribution in [-0.4, -0.2) is 26.6 Å². The Bertz CT molecular complexity index is 355. The van der Waals surface area contributed by atoms with Crippen molar-refractivity contribution < 1.29 is 14.2 Å². The molecule has 0 radical (unpaired) electrons. The summed E-state index contributed by atoms with van der Waals surface area (Å²) in [6.45, 7) is 4.86. The van der Waals surface area contributed by atoms with Crippen LogP contribution in [0.3, 0.4) is 0 Å². The number of para-hydroxylation sites is 1. The van der Waals surface area contributed by atoms with Gasteiger partial charge < -0.3 is 19.9 Å². The number of rotatable bonds is 8. The lowest BCUT2D eigenvalue weighted by Crippen LogP contribution is -2.22. The molecule has 0 spiro atoms. The Morgan fingerprint density at radius 1 is 1.28 bits per heavy atom. The summed E-state index contributed by atoms with van der Waals surface area (Å²) < 4.78 is 16.2. The highest BCUT2D eigenvalue weighted by Crippen LogP contribution is 2.32. The van der Waals surface area contributed by atoms with E-state index >= 15 is 0 Å². The van der Waals surface area contributed by atoms with Gasteiger partial charge in [0.05, 0.1) is 7.11 Å². The lowest BCUT2D eigenvalue weighted by Gasteiger charge is -2.16. The Morgan fingerprint density at radius 2 is 2.06 bits per heavy atom. The van der Waals surface area contributed by atoms with E-state index in [0.29, 0.717) is 6.61 Å². The highest BCUT2D eigenvalue weighted by atomic mass is 16.7. The fraction of sp³-hybridized carbons (Fsp3) is 0.571. The summed E-state index contributed by atoms with van der Waals surface area (Å²) in [5, 5.41) is 0. The molecule has 4 nitrogen and oxygen atoms in total. The van der Waals surface area contributed by atoms with E-state index < -0.39 is 0 Å². The molecule has 0 heterocycles. The molecule has 2 N–H and O–H groups in total. The molecule has 4 heteroatoms. The van der Waals surface area contributed by atoms with Crippen LogP contribution in [0.1, 0.15) is 25.8 Å². The second-order valence-corrected chi connectivity index (χ2v) is 4.08. The summed E-state index contributed by atoms with van der Waals surface area (Å²) in [4.78, 5) is 0. The number of methoxy groups -OCH3 is 1. The molecule has 1 aromatic rings. The molecule has 18 heavy (non-hydrogen) atoms. The predicted molar refractivity (Wildman–Crippen MR) is 72.1 cm³/mol. The molecule has 1 rings (SSSR count). The normalized spacial score (nSPS) is 12.2. The molecule has 0 amide bonds. The lowest BCUT2D eigenvalue weighted by atomic mass is 10.0. The largest absolute Gasteiger partial charge is 0.493 e. The van der Waals surface area contributed by atoms with E-state index in [2.05, 4.69) is 6.92 Å². The van der Waals surface area contributed by atoms with Crippen LogP contribution in [0.5, 0.6) is 11.5 Å². The maximum Gasteiger partial charge on any atom is 0.189 e. The van der Waals surface area contributed by atoms with Crippen molar-refractivity contribution in [2.45, 2.75) is 32.7 Å². The molecule has 0 fully saturated rings. The van der Waals surface area contributed by atoms with Crippen LogP contribution in [0.15, 0.2) is 18.2 Å². The van der Waals surface area contributed by atoms with Gasteiger partial charge in [-0.25, -0.2) is 0 Å². The molecule has 1 atom stereocenters. The zero-order valence-electron chi connectivity index (χ0n) is 11.4. The molecule has 0 aromatic heterocycles. The lowest BCUT2D eigenvalue weighted by molar-refractivity contribution is 0.0202. The Hall–Kier alpha value is -1.26. The van der Waals surface area contributed by atoms with Crippen LogP contribution in [-0.2, 0) is 11.2 Å². The summed E-state index contributed by atoms with van der Waals surface area (Å²) in [6, 6.07) is 5.97. The summed E-state index contributed by atoms with van der Waals surface area (Å²) in [7, 11) is 1.63. The fourth-order valence-corrected chi connectivity index (χ4v) is 1.66. The zero-order chi connectivity index (χ0) is 13.4. The van der Waals surface area contributed by atoms with Gasteiger partial charge in [-0.1, -0.05) is 19.1 Å². The van der Waals surface area contributed by atoms with Gasteiger partial charge in [-0.3, -0.25) is 0 Å². The Kier molecular flexibility index (Phi) is 6.54. The summed E-state index contributed by atoms with van der Waals surface area (Å²) in [5.41, 5.74) is 7.05. The average molecular weight is 253 g/mol. The third-order valence-electron chi connectivity index (χ3n) is 2.78. The minimum absolute atomic E-state index is 0.131. The Morgan fingerprint density at radius 3 is 2.67 bits per heavy atom. The molecule has 0 saturated heterocycles. The fourth-order valence-electron chi connectivity index (χ4n) is 1.66. The van der Waals surface area contributed by atoms with E-state index in [9.17, 15) is 0 Å². The highest BCUT2D eigenvalue weighted by molar-refractivity contribution is 5.46. The molecule has 1 unspecified atom stereocenters. The maximum absolute atomic E-state index is 5.99. The van der Waals surface area contributed by atoms with Gasteiger partial charge in [0.25, 0.3) is 0 Å². The average Bonchev–Trinajstić information content (AvgIpc) is 2.40. The third kappa shape index (κ3) is 4.20. The first-order chi connectivity index (χ1) is 8.72. The maximum atomic E-state index is 5.99. The SMILES string of the molecule is CCOCOc1c(CC(N)CC)cccc1OC. The van der Waals surface area contributed by atoms with Crippen molar-refractivity contribution in [3.63, 3.8) is 0 Å². The van der Waals surface area contributed by atoms with Crippen LogP contribution >= 0.6 is 0 Å². The van der Waals surface area contributed by atoms with E-state index in [-0.39, 0.29) is 12.8 Å². The quantitative estimate of drug-likeness (QED) is 0.571. The van der Waals surface area contributed by atoms with Gasteiger partial charge in [-0.05, 0) is 31.4 Å². The van der Waals surface area contributed by atoms with E-state index in [1.54, 1.807) is 7.11 Å². The molecule has 102 valence electrons. The first-order valence-corrected chi connectivity index (χ1v) is 6.34. The van der Waals surface area contributed by atoms with Crippen molar-refractivity contribution in [3.8, 4) is 11.5 Å². The molecular formula is C14H23NO3. The molecule has 0 bridgehead atoms. The second-order valence-electron chi connectivity index (χ2n) is 4.08. The van der Waals surface area contributed by atoms with Gasteiger partial charge in [0, 0.05) is 12.6 Å². The van der Waals surface area contributed by atoms with Gasteiger partial charge in [0.2, 0.25) is 0 Å². The highest BCUT2D eigenvalue weighted by Gasteiger charge is 2.12. The molecule has 0 aliphatic rings. The standard InChI is InChI=1S/C14H23NO3/c1-4-12(15)9-11-7-6-8-13(16-3)14(11)18-10-17-5-2/h6-8,12H,4-5,9-10,15H2,1-3H3. The van der Waals surface area contributed by atoms with Crippen molar-refractivity contribution >= 4 is 0 Å². The predicted octanol–water partition coefficient (Wildman–Crippen LogP) is 2.35. The van der Waals surface area contributed by atoms with E-state index in [0.717, 1.165) is 29.9 Å². The van der Waals surface area contributed by atoms with Crippen molar-refractivity contribution in [1.29, 1.82) is 0 Å². The minimum atomic E-state index is 0.131. The van der Waals surface area contributed by atoms with Crippen molar-refractivity contribution in [2.24, 2.45) is 5.73 Å². The van der Waals surface area contributed by atoms with Gasteiger partial charge in [-0.2, -0.15) is 0 Å². The minimum Gasteiger partial charge on any atom is -0.493 e. The number of ether oxygens (including phenoxy) is 3. The number of hydrogen-bond acceptors (Lipinski definition) is 4. The first kappa shape index (κ1) is 14.8. The van der Waals surface area contributed by atoms with Crippen LogP contribution in [0, 0.1) is 0 Å². The summed E-state index contributed by atoms with van der Waals surface area (Å²) >= 11 is 0. The van der Waals surface area contributed by atoms with E-state index in [1.807, 2.05) is 25.1 Å². The first-order valence-electron chi connectivity index (χ1n) is 6.34. The van der Waals surface area contributed by atoms with Crippen molar-refractivity contribution in [3.05, 3.63) is 23.8 Å².